The summed E-state index contributed by atoms with van der Waals surface area (Å²) < 4.78 is 5.44. The molecule has 0 fully saturated rings. The Morgan fingerprint density at radius 1 is 1.24 bits per heavy atom. The summed E-state index contributed by atoms with van der Waals surface area (Å²) in [5.41, 5.74) is 3.54. The van der Waals surface area contributed by atoms with Gasteiger partial charge in [-0.2, -0.15) is 5.26 Å². The van der Waals surface area contributed by atoms with Crippen LogP contribution in [0.25, 0.3) is 6.08 Å². The molecule has 4 nitrogen and oxygen atoms in total. The van der Waals surface area contributed by atoms with Crippen LogP contribution >= 0.6 is 0 Å². The smallest absolute Gasteiger partial charge is 0.266 e. The molecule has 0 spiro atoms. The highest BCUT2D eigenvalue weighted by Gasteiger charge is 2.13. The number of aryl methyl sites for hydroxylation is 1. The van der Waals surface area contributed by atoms with Gasteiger partial charge in [0.25, 0.3) is 5.91 Å². The van der Waals surface area contributed by atoms with Gasteiger partial charge < -0.3 is 10.1 Å². The van der Waals surface area contributed by atoms with Crippen LogP contribution in [0, 0.1) is 18.3 Å². The minimum atomic E-state index is -0.421. The van der Waals surface area contributed by atoms with E-state index in [9.17, 15) is 10.1 Å². The highest BCUT2D eigenvalue weighted by atomic mass is 16.5. The van der Waals surface area contributed by atoms with Crippen molar-refractivity contribution < 1.29 is 9.53 Å². The second-order valence-electron chi connectivity index (χ2n) is 6.10. The zero-order chi connectivity index (χ0) is 18.4. The second kappa shape index (κ2) is 8.16. The normalized spacial score (nSPS) is 11.1. The Kier molecular flexibility index (Phi) is 5.97. The van der Waals surface area contributed by atoms with E-state index in [4.69, 9.17) is 4.74 Å². The third-order valence-electron chi connectivity index (χ3n) is 3.94. The van der Waals surface area contributed by atoms with Crippen molar-refractivity contribution >= 4 is 17.7 Å². The van der Waals surface area contributed by atoms with Crippen LogP contribution in [-0.4, -0.2) is 13.0 Å². The van der Waals surface area contributed by atoms with Gasteiger partial charge in [0.2, 0.25) is 0 Å². The van der Waals surface area contributed by atoms with Crippen molar-refractivity contribution in [2.24, 2.45) is 0 Å². The number of rotatable bonds is 5. The number of methoxy groups -OCH3 is 1. The van der Waals surface area contributed by atoms with Gasteiger partial charge in [-0.1, -0.05) is 32.0 Å². The first-order valence-electron chi connectivity index (χ1n) is 8.13. The summed E-state index contributed by atoms with van der Waals surface area (Å²) in [5, 5.41) is 12.1. The first-order valence-corrected chi connectivity index (χ1v) is 8.13. The zero-order valence-corrected chi connectivity index (χ0v) is 15.0. The number of carbonyl (C=O) groups is 1. The van der Waals surface area contributed by atoms with Gasteiger partial charge in [0.05, 0.1) is 7.11 Å². The summed E-state index contributed by atoms with van der Waals surface area (Å²) in [7, 11) is 1.64. The number of hydrogen-bond acceptors (Lipinski definition) is 3. The van der Waals surface area contributed by atoms with Gasteiger partial charge in [0.1, 0.15) is 17.4 Å². The van der Waals surface area contributed by atoms with Gasteiger partial charge >= 0.3 is 0 Å². The lowest BCUT2D eigenvalue weighted by Gasteiger charge is -2.15. The summed E-state index contributed by atoms with van der Waals surface area (Å²) in [6.45, 7) is 6.09. The number of benzene rings is 2. The Morgan fingerprint density at radius 2 is 1.92 bits per heavy atom. The van der Waals surface area contributed by atoms with E-state index in [0.29, 0.717) is 5.69 Å². The van der Waals surface area contributed by atoms with Crippen LogP contribution in [0.4, 0.5) is 5.69 Å². The topological polar surface area (TPSA) is 62.1 Å². The third-order valence-corrected chi connectivity index (χ3v) is 3.94. The number of nitriles is 1. The molecule has 2 rings (SSSR count). The highest BCUT2D eigenvalue weighted by molar-refractivity contribution is 6.09. The van der Waals surface area contributed by atoms with Crippen molar-refractivity contribution in [1.82, 2.24) is 0 Å². The van der Waals surface area contributed by atoms with E-state index in [2.05, 4.69) is 19.2 Å². The van der Waals surface area contributed by atoms with Crippen LogP contribution in [0.1, 0.15) is 36.5 Å². The maximum absolute atomic E-state index is 12.4. The fourth-order valence-corrected chi connectivity index (χ4v) is 2.52. The van der Waals surface area contributed by atoms with Gasteiger partial charge in [-0.15, -0.1) is 0 Å². The molecule has 128 valence electrons. The lowest BCUT2D eigenvalue weighted by molar-refractivity contribution is -0.112. The number of anilines is 1. The molecule has 0 saturated carbocycles. The van der Waals surface area contributed by atoms with Crippen LogP contribution in [-0.2, 0) is 4.79 Å². The van der Waals surface area contributed by atoms with Gasteiger partial charge in [-0.25, -0.2) is 0 Å². The van der Waals surface area contributed by atoms with Crippen molar-refractivity contribution in [1.29, 1.82) is 5.26 Å². The van der Waals surface area contributed by atoms with Gasteiger partial charge in [0, 0.05) is 5.69 Å². The van der Waals surface area contributed by atoms with Crippen LogP contribution < -0.4 is 10.1 Å². The minimum Gasteiger partial charge on any atom is -0.496 e. The fraction of sp³-hybridized carbons (Fsp3) is 0.238. The Hall–Kier alpha value is -3.06. The molecule has 0 aliphatic carbocycles. The number of ether oxygens (including phenoxy) is 1. The average Bonchev–Trinajstić information content (AvgIpc) is 2.60. The molecular weight excluding hydrogens is 312 g/mol. The lowest BCUT2D eigenvalue weighted by Crippen LogP contribution is -2.13. The largest absolute Gasteiger partial charge is 0.496 e. The Labute approximate surface area is 148 Å². The van der Waals surface area contributed by atoms with Gasteiger partial charge in [0.15, 0.2) is 0 Å². The molecule has 1 N–H and O–H groups in total. The van der Waals surface area contributed by atoms with E-state index in [-0.39, 0.29) is 11.5 Å². The number of para-hydroxylation sites is 1. The lowest BCUT2D eigenvalue weighted by atomic mass is 9.95. The highest BCUT2D eigenvalue weighted by Crippen LogP contribution is 2.30. The predicted octanol–water partition coefficient (Wildman–Crippen LogP) is 4.67. The Balaban J connectivity index is 2.37. The SMILES string of the molecule is COc1cc(C)c(C=C(C#N)C(=O)Nc2ccccc2)cc1C(C)C. The second-order valence-corrected chi connectivity index (χ2v) is 6.10. The first kappa shape index (κ1) is 18.3. The van der Waals surface area contributed by atoms with E-state index >= 15 is 0 Å². The summed E-state index contributed by atoms with van der Waals surface area (Å²) in [5.74, 6) is 0.665. The van der Waals surface area contributed by atoms with Gasteiger partial charge in [-0.05, 0) is 59.9 Å². The van der Waals surface area contributed by atoms with E-state index in [0.717, 1.165) is 22.4 Å². The minimum absolute atomic E-state index is 0.0619. The molecule has 25 heavy (non-hydrogen) atoms. The van der Waals surface area contributed by atoms with Crippen molar-refractivity contribution in [2.75, 3.05) is 12.4 Å². The molecule has 0 bridgehead atoms. The van der Waals surface area contributed by atoms with E-state index in [1.807, 2.05) is 43.3 Å². The molecule has 0 heterocycles. The van der Waals surface area contributed by atoms with E-state index < -0.39 is 5.91 Å². The quantitative estimate of drug-likeness (QED) is 0.638. The molecule has 0 aliphatic heterocycles. The third kappa shape index (κ3) is 4.48. The molecule has 2 aromatic carbocycles. The molecule has 0 unspecified atom stereocenters. The number of hydrogen-bond donors (Lipinski definition) is 1. The number of nitrogens with zero attached hydrogens (tertiary/aromatic N) is 1. The maximum Gasteiger partial charge on any atom is 0.266 e. The maximum atomic E-state index is 12.4. The Bertz CT molecular complexity index is 831. The molecule has 0 aromatic heterocycles. The number of nitrogens with one attached hydrogen (secondary N) is 1. The van der Waals surface area contributed by atoms with Gasteiger partial charge in [-0.3, -0.25) is 4.79 Å². The number of carbonyl (C=O) groups excluding carboxylic acids is 1. The monoisotopic (exact) mass is 334 g/mol. The van der Waals surface area contributed by atoms with Crippen molar-refractivity contribution in [3.05, 3.63) is 64.7 Å². The molecule has 0 radical (unpaired) electrons. The summed E-state index contributed by atoms with van der Waals surface area (Å²) in [6, 6.07) is 15.0. The molecule has 4 heteroatoms. The molecular formula is C21H22N2O2. The fourth-order valence-electron chi connectivity index (χ4n) is 2.52. The molecule has 0 atom stereocenters. The van der Waals surface area contributed by atoms with Crippen LogP contribution in [0.2, 0.25) is 0 Å². The molecule has 1 amide bonds. The van der Waals surface area contributed by atoms with Crippen LogP contribution in [0.3, 0.4) is 0 Å². The predicted molar refractivity (Wildman–Crippen MR) is 100 cm³/mol. The Morgan fingerprint density at radius 3 is 2.48 bits per heavy atom. The van der Waals surface area contributed by atoms with E-state index in [1.54, 1.807) is 25.3 Å². The number of amides is 1. The zero-order valence-electron chi connectivity index (χ0n) is 15.0. The van der Waals surface area contributed by atoms with E-state index in [1.165, 1.54) is 0 Å². The first-order chi connectivity index (χ1) is 12.0. The summed E-state index contributed by atoms with van der Waals surface area (Å²) in [6.07, 6.45) is 1.62. The standard InChI is InChI=1S/C21H22N2O2/c1-14(2)19-12-16(15(3)10-20(19)25-4)11-17(13-22)21(24)23-18-8-6-5-7-9-18/h5-12,14H,1-4H3,(H,23,24). The average molecular weight is 334 g/mol. The molecule has 2 aromatic rings. The van der Waals surface area contributed by atoms with Crippen LogP contribution in [0.15, 0.2) is 48.0 Å². The van der Waals surface area contributed by atoms with Crippen LogP contribution in [0.5, 0.6) is 5.75 Å². The molecule has 0 saturated heterocycles. The van der Waals surface area contributed by atoms with Crippen molar-refractivity contribution in [2.45, 2.75) is 26.7 Å². The summed E-state index contributed by atoms with van der Waals surface area (Å²) in [4.78, 5) is 12.4. The summed E-state index contributed by atoms with van der Waals surface area (Å²) >= 11 is 0. The van der Waals surface area contributed by atoms with Crippen molar-refractivity contribution in [3.63, 3.8) is 0 Å². The molecule has 0 aliphatic rings. The van der Waals surface area contributed by atoms with Crippen molar-refractivity contribution in [3.8, 4) is 11.8 Å².